The third-order valence-corrected chi connectivity index (χ3v) is 4.46. The molecule has 2 rings (SSSR count). The van der Waals surface area contributed by atoms with E-state index in [2.05, 4.69) is 23.0 Å². The average molecular weight is 233 g/mol. The molecule has 0 aromatic carbocycles. The molecule has 0 bridgehead atoms. The summed E-state index contributed by atoms with van der Waals surface area (Å²) in [4.78, 5) is 2.57. The van der Waals surface area contributed by atoms with Crippen molar-refractivity contribution in [2.45, 2.75) is 30.5 Å². The van der Waals surface area contributed by atoms with E-state index < -0.39 is 0 Å². The van der Waals surface area contributed by atoms with Crippen LogP contribution in [0.15, 0.2) is 0 Å². The minimum atomic E-state index is 0.824. The minimum absolute atomic E-state index is 0.824. The SMILES string of the molecule is C[NH+]1CCC2CCC(Br)CC2C1. The molecule has 0 amide bonds. The zero-order valence-electron chi connectivity index (χ0n) is 7.85. The third kappa shape index (κ3) is 1.85. The largest absolute Gasteiger partial charge is 0.337 e. The molecular formula is C10H19BrN+. The zero-order chi connectivity index (χ0) is 8.55. The zero-order valence-corrected chi connectivity index (χ0v) is 9.44. The van der Waals surface area contributed by atoms with Gasteiger partial charge in [-0.1, -0.05) is 15.9 Å². The Hall–Kier alpha value is 0.440. The highest BCUT2D eigenvalue weighted by molar-refractivity contribution is 9.09. The van der Waals surface area contributed by atoms with E-state index in [-0.39, 0.29) is 0 Å². The Kier molecular flexibility index (Phi) is 2.75. The van der Waals surface area contributed by atoms with Crippen molar-refractivity contribution in [1.82, 2.24) is 0 Å². The Labute approximate surface area is 83.6 Å². The van der Waals surface area contributed by atoms with Gasteiger partial charge in [-0.05, 0) is 31.6 Å². The number of fused-ring (bicyclic) bond motifs is 1. The van der Waals surface area contributed by atoms with Gasteiger partial charge in [-0.15, -0.1) is 0 Å². The fraction of sp³-hybridized carbons (Fsp3) is 1.00. The first-order chi connectivity index (χ1) is 5.75. The summed E-state index contributed by atoms with van der Waals surface area (Å²) < 4.78 is 0. The number of likely N-dealkylation sites (tertiary alicyclic amines) is 1. The molecule has 1 saturated heterocycles. The van der Waals surface area contributed by atoms with Gasteiger partial charge in [-0.3, -0.25) is 0 Å². The molecule has 1 aliphatic heterocycles. The Balaban J connectivity index is 1.94. The smallest absolute Gasteiger partial charge is 0.0800 e. The van der Waals surface area contributed by atoms with Crippen molar-refractivity contribution in [1.29, 1.82) is 0 Å². The predicted octanol–water partition coefficient (Wildman–Crippen LogP) is 1.08. The van der Waals surface area contributed by atoms with Crippen LogP contribution in [0.5, 0.6) is 0 Å². The molecule has 12 heavy (non-hydrogen) atoms. The molecule has 1 heterocycles. The second kappa shape index (κ2) is 3.67. The van der Waals surface area contributed by atoms with Gasteiger partial charge in [0.25, 0.3) is 0 Å². The standard InChI is InChI=1S/C10H18BrN/c1-12-5-4-8-2-3-10(11)6-9(8)7-12/h8-10H,2-7H2,1H3/p+1. The van der Waals surface area contributed by atoms with Crippen LogP contribution in [0.3, 0.4) is 0 Å². The third-order valence-electron chi connectivity index (χ3n) is 3.63. The number of nitrogens with one attached hydrogen (secondary N) is 1. The molecule has 0 aromatic heterocycles. The molecule has 4 unspecified atom stereocenters. The lowest BCUT2D eigenvalue weighted by Gasteiger charge is -2.39. The molecular weight excluding hydrogens is 214 g/mol. The van der Waals surface area contributed by atoms with E-state index in [1.54, 1.807) is 4.90 Å². The van der Waals surface area contributed by atoms with Crippen molar-refractivity contribution in [2.75, 3.05) is 20.1 Å². The van der Waals surface area contributed by atoms with Gasteiger partial charge in [0.1, 0.15) is 0 Å². The maximum Gasteiger partial charge on any atom is 0.0800 e. The fourth-order valence-corrected chi connectivity index (χ4v) is 3.63. The topological polar surface area (TPSA) is 4.44 Å². The maximum atomic E-state index is 3.76. The number of rotatable bonds is 0. The van der Waals surface area contributed by atoms with Gasteiger partial charge in [-0.2, -0.15) is 0 Å². The van der Waals surface area contributed by atoms with Crippen molar-refractivity contribution in [2.24, 2.45) is 11.8 Å². The summed E-state index contributed by atoms with van der Waals surface area (Å²) in [6, 6.07) is 0. The Morgan fingerprint density at radius 2 is 2.00 bits per heavy atom. The number of piperidine rings is 1. The van der Waals surface area contributed by atoms with Crippen molar-refractivity contribution in [3.05, 3.63) is 0 Å². The number of halogens is 1. The Morgan fingerprint density at radius 1 is 1.17 bits per heavy atom. The summed E-state index contributed by atoms with van der Waals surface area (Å²) >= 11 is 3.76. The normalized spacial score (nSPS) is 48.5. The molecule has 70 valence electrons. The molecule has 1 aliphatic carbocycles. The van der Waals surface area contributed by atoms with Crippen LogP contribution in [-0.2, 0) is 0 Å². The lowest BCUT2D eigenvalue weighted by atomic mass is 9.75. The Bertz CT molecular complexity index is 144. The number of alkyl halides is 1. The summed E-state index contributed by atoms with van der Waals surface area (Å²) in [6.45, 7) is 2.83. The molecule has 0 radical (unpaired) electrons. The van der Waals surface area contributed by atoms with E-state index in [1.165, 1.54) is 38.8 Å². The Morgan fingerprint density at radius 3 is 2.83 bits per heavy atom. The first-order valence-electron chi connectivity index (χ1n) is 5.21. The van der Waals surface area contributed by atoms with Crippen LogP contribution in [0.25, 0.3) is 0 Å². The highest BCUT2D eigenvalue weighted by Crippen LogP contribution is 2.35. The van der Waals surface area contributed by atoms with Gasteiger partial charge >= 0.3 is 0 Å². The predicted molar refractivity (Wildman–Crippen MR) is 54.8 cm³/mol. The van der Waals surface area contributed by atoms with E-state index in [9.17, 15) is 0 Å². The highest BCUT2D eigenvalue weighted by atomic mass is 79.9. The molecule has 0 aromatic rings. The van der Waals surface area contributed by atoms with E-state index in [0.29, 0.717) is 0 Å². The fourth-order valence-electron chi connectivity index (χ4n) is 2.88. The molecule has 0 spiro atoms. The molecule has 2 fully saturated rings. The molecule has 1 nitrogen and oxygen atoms in total. The molecule has 1 saturated carbocycles. The van der Waals surface area contributed by atoms with Crippen LogP contribution in [0.1, 0.15) is 25.7 Å². The van der Waals surface area contributed by atoms with Gasteiger partial charge < -0.3 is 4.90 Å². The van der Waals surface area contributed by atoms with E-state index >= 15 is 0 Å². The second-order valence-corrected chi connectivity index (χ2v) is 5.93. The van der Waals surface area contributed by atoms with E-state index in [1.807, 2.05) is 0 Å². The number of hydrogen-bond donors (Lipinski definition) is 1. The lowest BCUT2D eigenvalue weighted by Crippen LogP contribution is -3.11. The van der Waals surface area contributed by atoms with E-state index in [0.717, 1.165) is 16.7 Å². The monoisotopic (exact) mass is 232 g/mol. The summed E-state index contributed by atoms with van der Waals surface area (Å²) in [6.07, 6.45) is 5.81. The van der Waals surface area contributed by atoms with E-state index in [4.69, 9.17) is 0 Å². The van der Waals surface area contributed by atoms with Gasteiger partial charge in [-0.25, -0.2) is 0 Å². The first kappa shape index (κ1) is 9.01. The molecule has 4 atom stereocenters. The van der Waals surface area contributed by atoms with Crippen LogP contribution >= 0.6 is 15.9 Å². The second-order valence-electron chi connectivity index (χ2n) is 4.63. The van der Waals surface area contributed by atoms with Gasteiger partial charge in [0.2, 0.25) is 0 Å². The van der Waals surface area contributed by atoms with Gasteiger partial charge in [0.15, 0.2) is 0 Å². The average Bonchev–Trinajstić information content (AvgIpc) is 2.03. The lowest BCUT2D eigenvalue weighted by molar-refractivity contribution is -0.890. The van der Waals surface area contributed by atoms with Crippen molar-refractivity contribution in [3.63, 3.8) is 0 Å². The first-order valence-corrected chi connectivity index (χ1v) is 6.12. The van der Waals surface area contributed by atoms with Crippen LogP contribution in [0.2, 0.25) is 0 Å². The van der Waals surface area contributed by atoms with Crippen LogP contribution in [-0.4, -0.2) is 25.0 Å². The van der Waals surface area contributed by atoms with Crippen LogP contribution in [0, 0.1) is 11.8 Å². The summed E-state index contributed by atoms with van der Waals surface area (Å²) in [5, 5.41) is 0. The van der Waals surface area contributed by atoms with Crippen molar-refractivity contribution in [3.8, 4) is 0 Å². The summed E-state index contributed by atoms with van der Waals surface area (Å²) in [5.41, 5.74) is 0. The molecule has 1 N–H and O–H groups in total. The van der Waals surface area contributed by atoms with Gasteiger partial charge in [0, 0.05) is 10.7 Å². The highest BCUT2D eigenvalue weighted by Gasteiger charge is 2.34. The summed E-state index contributed by atoms with van der Waals surface area (Å²) in [5.74, 6) is 2.10. The van der Waals surface area contributed by atoms with Crippen molar-refractivity contribution >= 4 is 15.9 Å². The number of quaternary nitrogens is 1. The van der Waals surface area contributed by atoms with Crippen molar-refractivity contribution < 1.29 is 4.90 Å². The van der Waals surface area contributed by atoms with Crippen LogP contribution < -0.4 is 4.90 Å². The van der Waals surface area contributed by atoms with Crippen LogP contribution in [0.4, 0.5) is 0 Å². The van der Waals surface area contributed by atoms with Gasteiger partial charge in [0.05, 0.1) is 20.1 Å². The maximum absolute atomic E-state index is 3.76. The molecule has 2 aliphatic rings. The molecule has 2 heteroatoms. The number of hydrogen-bond acceptors (Lipinski definition) is 0. The minimum Gasteiger partial charge on any atom is -0.337 e. The summed E-state index contributed by atoms with van der Waals surface area (Å²) in [7, 11) is 2.34. The quantitative estimate of drug-likeness (QED) is 0.597.